The topological polar surface area (TPSA) is 72.2 Å². The number of hydrogen-bond acceptors (Lipinski definition) is 2. The first kappa shape index (κ1) is 15.4. The number of nitrogens with one attached hydrogen (secondary N) is 1. The van der Waals surface area contributed by atoms with Crippen LogP contribution in [-0.4, -0.2) is 17.9 Å². The summed E-state index contributed by atoms with van der Waals surface area (Å²) in [6.07, 6.45) is 4.69. The summed E-state index contributed by atoms with van der Waals surface area (Å²) in [5.74, 6) is -3.00. The van der Waals surface area contributed by atoms with Crippen LogP contribution in [0, 0.1) is 17.6 Å². The standard InChI is InChI=1S/C15H18F2N2O2/c16-11-6-10(7-12(17)8-11)15(21)19-13(14(18)20)9-4-2-1-3-5-9/h6-9,13H,1-5H2,(H2,18,20)(H,19,21)/t13-/m0/s1. The second-order valence-corrected chi connectivity index (χ2v) is 5.41. The summed E-state index contributed by atoms with van der Waals surface area (Å²) in [6.45, 7) is 0. The number of primary amides is 1. The number of carbonyl (C=O) groups excluding carboxylic acids is 2. The molecule has 21 heavy (non-hydrogen) atoms. The largest absolute Gasteiger partial charge is 0.368 e. The fourth-order valence-electron chi connectivity index (χ4n) is 2.80. The molecule has 1 aliphatic carbocycles. The number of hydrogen-bond donors (Lipinski definition) is 2. The van der Waals surface area contributed by atoms with Crippen LogP contribution in [0.5, 0.6) is 0 Å². The van der Waals surface area contributed by atoms with Gasteiger partial charge in [-0.05, 0) is 30.9 Å². The molecule has 114 valence electrons. The summed E-state index contributed by atoms with van der Waals surface area (Å²) in [5.41, 5.74) is 5.19. The van der Waals surface area contributed by atoms with E-state index in [2.05, 4.69) is 5.32 Å². The van der Waals surface area contributed by atoms with E-state index in [1.54, 1.807) is 0 Å². The minimum atomic E-state index is -0.839. The Hall–Kier alpha value is -1.98. The van der Waals surface area contributed by atoms with Crippen LogP contribution >= 0.6 is 0 Å². The smallest absolute Gasteiger partial charge is 0.252 e. The average molecular weight is 296 g/mol. The Morgan fingerprint density at radius 1 is 1.10 bits per heavy atom. The molecule has 0 radical (unpaired) electrons. The fourth-order valence-corrected chi connectivity index (χ4v) is 2.80. The highest BCUT2D eigenvalue weighted by Gasteiger charge is 2.29. The predicted octanol–water partition coefficient (Wildman–Crippen LogP) is 2.13. The van der Waals surface area contributed by atoms with Crippen molar-refractivity contribution in [3.8, 4) is 0 Å². The van der Waals surface area contributed by atoms with Gasteiger partial charge >= 0.3 is 0 Å². The van der Waals surface area contributed by atoms with Gasteiger partial charge in [-0.1, -0.05) is 19.3 Å². The molecule has 0 aliphatic heterocycles. The van der Waals surface area contributed by atoms with Crippen molar-refractivity contribution in [2.45, 2.75) is 38.1 Å². The second kappa shape index (κ2) is 6.65. The van der Waals surface area contributed by atoms with Gasteiger partial charge in [0.25, 0.3) is 5.91 Å². The van der Waals surface area contributed by atoms with E-state index in [9.17, 15) is 18.4 Å². The highest BCUT2D eigenvalue weighted by atomic mass is 19.1. The van der Waals surface area contributed by atoms with Crippen molar-refractivity contribution in [1.82, 2.24) is 5.32 Å². The van der Waals surface area contributed by atoms with Crippen LogP contribution < -0.4 is 11.1 Å². The van der Waals surface area contributed by atoms with Crippen molar-refractivity contribution >= 4 is 11.8 Å². The van der Waals surface area contributed by atoms with E-state index in [0.29, 0.717) is 6.07 Å². The van der Waals surface area contributed by atoms with Gasteiger partial charge in [-0.2, -0.15) is 0 Å². The lowest BCUT2D eigenvalue weighted by molar-refractivity contribution is -0.121. The lowest BCUT2D eigenvalue weighted by Crippen LogP contribution is -2.49. The Kier molecular flexibility index (Phi) is 4.88. The molecular weight excluding hydrogens is 278 g/mol. The third-order valence-electron chi connectivity index (χ3n) is 3.84. The molecule has 0 unspecified atom stereocenters. The first-order chi connectivity index (χ1) is 9.97. The molecule has 0 spiro atoms. The Morgan fingerprint density at radius 3 is 2.19 bits per heavy atom. The van der Waals surface area contributed by atoms with E-state index in [0.717, 1.165) is 44.2 Å². The molecule has 2 amide bonds. The van der Waals surface area contributed by atoms with Gasteiger partial charge in [-0.15, -0.1) is 0 Å². The highest BCUT2D eigenvalue weighted by Crippen LogP contribution is 2.26. The predicted molar refractivity (Wildman–Crippen MR) is 73.4 cm³/mol. The van der Waals surface area contributed by atoms with Crippen LogP contribution in [0.1, 0.15) is 42.5 Å². The molecule has 0 aromatic heterocycles. The van der Waals surface area contributed by atoms with Crippen molar-refractivity contribution < 1.29 is 18.4 Å². The van der Waals surface area contributed by atoms with Crippen LogP contribution in [0.3, 0.4) is 0 Å². The molecular formula is C15H18F2N2O2. The van der Waals surface area contributed by atoms with Crippen LogP contribution in [0.25, 0.3) is 0 Å². The molecule has 1 saturated carbocycles. The van der Waals surface area contributed by atoms with Gasteiger partial charge in [0.15, 0.2) is 0 Å². The fraction of sp³-hybridized carbons (Fsp3) is 0.467. The number of nitrogens with two attached hydrogens (primary N) is 1. The van der Waals surface area contributed by atoms with Crippen molar-refractivity contribution in [1.29, 1.82) is 0 Å². The van der Waals surface area contributed by atoms with E-state index in [-0.39, 0.29) is 11.5 Å². The van der Waals surface area contributed by atoms with Gasteiger partial charge in [0.1, 0.15) is 17.7 Å². The number of carbonyl (C=O) groups is 2. The summed E-state index contributed by atoms with van der Waals surface area (Å²) in [7, 11) is 0. The van der Waals surface area contributed by atoms with E-state index in [1.807, 2.05) is 0 Å². The molecule has 1 aromatic carbocycles. The molecule has 0 bridgehead atoms. The summed E-state index contributed by atoms with van der Waals surface area (Å²) >= 11 is 0. The molecule has 1 fully saturated rings. The molecule has 0 saturated heterocycles. The number of benzene rings is 1. The van der Waals surface area contributed by atoms with Gasteiger partial charge in [0.2, 0.25) is 5.91 Å². The zero-order valence-electron chi connectivity index (χ0n) is 11.6. The molecule has 1 aliphatic rings. The highest BCUT2D eigenvalue weighted by molar-refractivity contribution is 5.97. The van der Waals surface area contributed by atoms with E-state index in [1.165, 1.54) is 0 Å². The summed E-state index contributed by atoms with van der Waals surface area (Å²) in [5, 5.41) is 2.51. The minimum absolute atomic E-state index is 0.0152. The molecule has 0 heterocycles. The van der Waals surface area contributed by atoms with Gasteiger partial charge in [0.05, 0.1) is 0 Å². The SMILES string of the molecule is NC(=O)[C@@H](NC(=O)c1cc(F)cc(F)c1)C1CCCCC1. The summed E-state index contributed by atoms with van der Waals surface area (Å²) in [6, 6.07) is 1.74. The average Bonchev–Trinajstić information content (AvgIpc) is 2.44. The van der Waals surface area contributed by atoms with E-state index < -0.39 is 29.5 Å². The van der Waals surface area contributed by atoms with Crippen molar-refractivity contribution in [3.63, 3.8) is 0 Å². The maximum atomic E-state index is 13.1. The zero-order chi connectivity index (χ0) is 15.4. The third-order valence-corrected chi connectivity index (χ3v) is 3.84. The second-order valence-electron chi connectivity index (χ2n) is 5.41. The van der Waals surface area contributed by atoms with Crippen LogP contribution in [0.2, 0.25) is 0 Å². The number of halogens is 2. The van der Waals surface area contributed by atoms with Gasteiger partial charge in [-0.25, -0.2) is 8.78 Å². The lowest BCUT2D eigenvalue weighted by atomic mass is 9.83. The van der Waals surface area contributed by atoms with Crippen molar-refractivity contribution in [3.05, 3.63) is 35.4 Å². The molecule has 1 aromatic rings. The first-order valence-electron chi connectivity index (χ1n) is 7.03. The summed E-state index contributed by atoms with van der Waals surface area (Å²) in [4.78, 5) is 23.6. The molecule has 6 heteroatoms. The number of rotatable bonds is 4. The minimum Gasteiger partial charge on any atom is -0.368 e. The quantitative estimate of drug-likeness (QED) is 0.893. The monoisotopic (exact) mass is 296 g/mol. The molecule has 3 N–H and O–H groups in total. The maximum absolute atomic E-state index is 13.1. The van der Waals surface area contributed by atoms with Crippen LogP contribution in [0.15, 0.2) is 18.2 Å². The third kappa shape index (κ3) is 4.00. The lowest BCUT2D eigenvalue weighted by Gasteiger charge is -2.28. The van der Waals surface area contributed by atoms with Gasteiger partial charge in [0, 0.05) is 11.6 Å². The number of amides is 2. The van der Waals surface area contributed by atoms with Crippen LogP contribution in [-0.2, 0) is 4.79 Å². The first-order valence-corrected chi connectivity index (χ1v) is 7.03. The Balaban J connectivity index is 2.12. The Labute approximate surface area is 121 Å². The van der Waals surface area contributed by atoms with Crippen LogP contribution in [0.4, 0.5) is 8.78 Å². The van der Waals surface area contributed by atoms with E-state index in [4.69, 9.17) is 5.73 Å². The van der Waals surface area contributed by atoms with Gasteiger partial charge in [-0.3, -0.25) is 9.59 Å². The van der Waals surface area contributed by atoms with E-state index >= 15 is 0 Å². The van der Waals surface area contributed by atoms with Gasteiger partial charge < -0.3 is 11.1 Å². The summed E-state index contributed by atoms with van der Waals surface area (Å²) < 4.78 is 26.3. The molecule has 4 nitrogen and oxygen atoms in total. The maximum Gasteiger partial charge on any atom is 0.252 e. The van der Waals surface area contributed by atoms with Crippen molar-refractivity contribution in [2.75, 3.05) is 0 Å². The molecule has 1 atom stereocenters. The Morgan fingerprint density at radius 2 is 1.67 bits per heavy atom. The zero-order valence-corrected chi connectivity index (χ0v) is 11.6. The normalized spacial score (nSPS) is 17.2. The molecule has 2 rings (SSSR count). The Bertz CT molecular complexity index is 522. The van der Waals surface area contributed by atoms with Crippen molar-refractivity contribution in [2.24, 2.45) is 11.7 Å².